The largest absolute Gasteiger partial charge is 0.444 e. The molecule has 0 radical (unpaired) electrons. The fraction of sp³-hybridized carbons (Fsp3) is 0.500. The molecule has 8 nitrogen and oxygen atoms in total. The number of nitrogens with zero attached hydrogens (tertiary/aromatic N) is 3. The van der Waals surface area contributed by atoms with Gasteiger partial charge >= 0.3 is 0 Å². The van der Waals surface area contributed by atoms with Gasteiger partial charge in [0.05, 0.1) is 18.4 Å². The quantitative estimate of drug-likeness (QED) is 0.774. The van der Waals surface area contributed by atoms with E-state index in [2.05, 4.69) is 14.8 Å². The molecule has 0 bridgehead atoms. The maximum atomic E-state index is 12.2. The highest BCUT2D eigenvalue weighted by Gasteiger charge is 2.22. The minimum absolute atomic E-state index is 0.0285. The maximum Gasteiger partial charge on any atom is 0.244 e. The summed E-state index contributed by atoms with van der Waals surface area (Å²) in [6, 6.07) is -0.579. The van der Waals surface area contributed by atoms with E-state index in [0.29, 0.717) is 24.6 Å². The van der Waals surface area contributed by atoms with E-state index >= 15 is 0 Å². The van der Waals surface area contributed by atoms with Gasteiger partial charge in [0.1, 0.15) is 10.7 Å². The van der Waals surface area contributed by atoms with Gasteiger partial charge in [-0.2, -0.15) is 9.82 Å². The molecule has 0 aliphatic carbocycles. The van der Waals surface area contributed by atoms with Crippen molar-refractivity contribution in [1.82, 2.24) is 19.5 Å². The second-order valence-electron chi connectivity index (χ2n) is 4.67. The van der Waals surface area contributed by atoms with Crippen molar-refractivity contribution in [1.29, 1.82) is 0 Å². The topological polar surface area (TPSA) is 110 Å². The molecular weight excluding hydrogens is 296 g/mol. The summed E-state index contributed by atoms with van der Waals surface area (Å²) in [6.45, 7) is 3.88. The standard InChI is InChI=1S/C12H18N4O4S/c1-9-6-13-12(20-9)10(2)15-21(18,19)11-7-14-16(8-11)4-3-5-17/h6-8,10,15,17H,3-5H2,1-2H3. The summed E-state index contributed by atoms with van der Waals surface area (Å²) in [5.41, 5.74) is 0. The molecule has 0 aliphatic rings. The van der Waals surface area contributed by atoms with E-state index in [1.165, 1.54) is 23.3 Å². The number of hydrogen-bond acceptors (Lipinski definition) is 6. The van der Waals surface area contributed by atoms with E-state index in [1.54, 1.807) is 13.8 Å². The van der Waals surface area contributed by atoms with Gasteiger partial charge < -0.3 is 9.52 Å². The van der Waals surface area contributed by atoms with Crippen LogP contribution in [0.1, 0.15) is 31.0 Å². The number of aromatic nitrogens is 3. The molecule has 2 rings (SSSR count). The van der Waals surface area contributed by atoms with Crippen LogP contribution in [0.2, 0.25) is 0 Å². The van der Waals surface area contributed by atoms with Gasteiger partial charge in [0.25, 0.3) is 0 Å². The highest BCUT2D eigenvalue weighted by Crippen LogP contribution is 2.16. The Balaban J connectivity index is 2.09. The van der Waals surface area contributed by atoms with Crippen LogP contribution in [-0.2, 0) is 16.6 Å². The van der Waals surface area contributed by atoms with Gasteiger partial charge in [-0.1, -0.05) is 0 Å². The summed E-state index contributed by atoms with van der Waals surface area (Å²) < 4.78 is 33.7. The zero-order valence-electron chi connectivity index (χ0n) is 11.9. The first-order chi connectivity index (χ1) is 9.92. The second-order valence-corrected chi connectivity index (χ2v) is 6.38. The number of aryl methyl sites for hydroxylation is 2. The van der Waals surface area contributed by atoms with Gasteiger partial charge in [-0.25, -0.2) is 13.4 Å². The molecule has 0 saturated heterocycles. The smallest absolute Gasteiger partial charge is 0.244 e. The van der Waals surface area contributed by atoms with Crippen LogP contribution in [-0.4, -0.2) is 34.9 Å². The Labute approximate surface area is 122 Å². The lowest BCUT2D eigenvalue weighted by atomic mass is 10.4. The molecule has 21 heavy (non-hydrogen) atoms. The molecule has 1 atom stereocenters. The zero-order chi connectivity index (χ0) is 15.5. The minimum atomic E-state index is -3.70. The fourth-order valence-corrected chi connectivity index (χ4v) is 2.91. The van der Waals surface area contributed by atoms with E-state index in [-0.39, 0.29) is 11.5 Å². The number of aliphatic hydroxyl groups is 1. The molecule has 2 N–H and O–H groups in total. The molecule has 1 unspecified atom stereocenters. The number of rotatable bonds is 7. The van der Waals surface area contributed by atoms with Crippen molar-refractivity contribution in [3.63, 3.8) is 0 Å². The molecular formula is C12H18N4O4S. The van der Waals surface area contributed by atoms with Crippen molar-refractivity contribution in [2.24, 2.45) is 0 Å². The number of hydrogen-bond donors (Lipinski definition) is 2. The number of oxazole rings is 1. The highest BCUT2D eigenvalue weighted by atomic mass is 32.2. The van der Waals surface area contributed by atoms with E-state index in [4.69, 9.17) is 9.52 Å². The van der Waals surface area contributed by atoms with Crippen LogP contribution in [0.5, 0.6) is 0 Å². The highest BCUT2D eigenvalue weighted by molar-refractivity contribution is 7.89. The molecule has 0 saturated carbocycles. The lowest BCUT2D eigenvalue weighted by Crippen LogP contribution is -2.26. The summed E-state index contributed by atoms with van der Waals surface area (Å²) in [7, 11) is -3.70. The predicted octanol–water partition coefficient (Wildman–Crippen LogP) is 0.601. The van der Waals surface area contributed by atoms with Gasteiger partial charge in [0.2, 0.25) is 15.9 Å². The van der Waals surface area contributed by atoms with E-state index in [0.717, 1.165) is 0 Å². The monoisotopic (exact) mass is 314 g/mol. The number of nitrogens with one attached hydrogen (secondary N) is 1. The van der Waals surface area contributed by atoms with Gasteiger partial charge in [-0.05, 0) is 20.3 Å². The molecule has 2 aromatic rings. The Kier molecular flexibility index (Phi) is 4.76. The SMILES string of the molecule is Cc1cnc(C(C)NS(=O)(=O)c2cnn(CCCO)c2)o1. The molecule has 0 amide bonds. The van der Waals surface area contributed by atoms with Crippen LogP contribution in [0.3, 0.4) is 0 Å². The molecule has 9 heteroatoms. The molecule has 116 valence electrons. The van der Waals surface area contributed by atoms with Crippen LogP contribution < -0.4 is 4.72 Å². The first-order valence-corrected chi connectivity index (χ1v) is 7.98. The normalized spacial score (nSPS) is 13.5. The van der Waals surface area contributed by atoms with Gasteiger partial charge in [0.15, 0.2) is 0 Å². The summed E-state index contributed by atoms with van der Waals surface area (Å²) in [4.78, 5) is 4.06. The first-order valence-electron chi connectivity index (χ1n) is 6.50. The Morgan fingerprint density at radius 2 is 2.24 bits per heavy atom. The number of sulfonamides is 1. The van der Waals surface area contributed by atoms with Crippen molar-refractivity contribution in [3.05, 3.63) is 30.2 Å². The van der Waals surface area contributed by atoms with Crippen LogP contribution in [0.15, 0.2) is 27.9 Å². The molecule has 0 fully saturated rings. The summed E-state index contributed by atoms with van der Waals surface area (Å²) in [5, 5.41) is 12.7. The Morgan fingerprint density at radius 3 is 2.86 bits per heavy atom. The van der Waals surface area contributed by atoms with Crippen LogP contribution >= 0.6 is 0 Å². The third-order valence-corrected chi connectivity index (χ3v) is 4.30. The van der Waals surface area contributed by atoms with Crippen LogP contribution in [0.4, 0.5) is 0 Å². The van der Waals surface area contributed by atoms with Crippen molar-refractivity contribution in [2.75, 3.05) is 6.61 Å². The third-order valence-electron chi connectivity index (χ3n) is 2.81. The zero-order valence-corrected chi connectivity index (χ0v) is 12.7. The average molecular weight is 314 g/mol. The van der Waals surface area contributed by atoms with E-state index < -0.39 is 16.1 Å². The average Bonchev–Trinajstić information content (AvgIpc) is 3.05. The van der Waals surface area contributed by atoms with E-state index in [1.807, 2.05) is 0 Å². The predicted molar refractivity (Wildman–Crippen MR) is 73.9 cm³/mol. The van der Waals surface area contributed by atoms with Crippen LogP contribution in [0.25, 0.3) is 0 Å². The van der Waals surface area contributed by atoms with Gasteiger partial charge in [-0.15, -0.1) is 0 Å². The Bertz CT molecular complexity index is 692. The molecule has 0 spiro atoms. The number of aliphatic hydroxyl groups excluding tert-OH is 1. The summed E-state index contributed by atoms with van der Waals surface area (Å²) in [5.74, 6) is 0.927. The van der Waals surface area contributed by atoms with E-state index in [9.17, 15) is 8.42 Å². The van der Waals surface area contributed by atoms with Crippen molar-refractivity contribution in [3.8, 4) is 0 Å². The molecule has 0 aliphatic heterocycles. The summed E-state index contributed by atoms with van der Waals surface area (Å²) >= 11 is 0. The Hall–Kier alpha value is -1.71. The summed E-state index contributed by atoms with van der Waals surface area (Å²) in [6.07, 6.45) is 4.74. The third kappa shape index (κ3) is 3.90. The fourth-order valence-electron chi connectivity index (χ4n) is 1.76. The van der Waals surface area contributed by atoms with Gasteiger partial charge in [0, 0.05) is 19.3 Å². The molecule has 2 aromatic heterocycles. The van der Waals surface area contributed by atoms with Crippen molar-refractivity contribution >= 4 is 10.0 Å². The lowest BCUT2D eigenvalue weighted by Gasteiger charge is -2.09. The van der Waals surface area contributed by atoms with Gasteiger partial charge in [-0.3, -0.25) is 4.68 Å². The van der Waals surface area contributed by atoms with Crippen molar-refractivity contribution in [2.45, 2.75) is 37.8 Å². The van der Waals surface area contributed by atoms with Crippen molar-refractivity contribution < 1.29 is 17.9 Å². The first kappa shape index (κ1) is 15.7. The molecule has 0 aromatic carbocycles. The minimum Gasteiger partial charge on any atom is -0.444 e. The Morgan fingerprint density at radius 1 is 1.48 bits per heavy atom. The van der Waals surface area contributed by atoms with Crippen LogP contribution in [0, 0.1) is 6.92 Å². The molecule has 2 heterocycles. The maximum absolute atomic E-state index is 12.2. The lowest BCUT2D eigenvalue weighted by molar-refractivity contribution is 0.277. The second kappa shape index (κ2) is 6.37.